The second-order valence-electron chi connectivity index (χ2n) is 4.68. The van der Waals surface area contributed by atoms with Gasteiger partial charge in [0, 0.05) is 17.7 Å². The molecule has 0 aromatic heterocycles. The van der Waals surface area contributed by atoms with Crippen LogP contribution in [0.5, 0.6) is 5.75 Å². The average Bonchev–Trinajstić information content (AvgIpc) is 2.42. The first-order valence-electron chi connectivity index (χ1n) is 6.14. The number of carbonyl (C=O) groups is 2. The number of nitrogens with one attached hydrogen (secondary N) is 1. The lowest BCUT2D eigenvalue weighted by atomic mass is 10.0. The van der Waals surface area contributed by atoms with E-state index in [-0.39, 0.29) is 22.9 Å². The van der Waals surface area contributed by atoms with Crippen molar-refractivity contribution in [2.75, 3.05) is 7.11 Å². The molecule has 0 aliphatic rings. The first-order valence-corrected chi connectivity index (χ1v) is 6.14. The molecular weight excluding hydrogens is 280 g/mol. The highest BCUT2D eigenvalue weighted by molar-refractivity contribution is 5.97. The summed E-state index contributed by atoms with van der Waals surface area (Å²) in [6, 6.07) is 2.54. The lowest BCUT2D eigenvalue weighted by molar-refractivity contribution is -0.385. The van der Waals surface area contributed by atoms with Crippen LogP contribution >= 0.6 is 0 Å². The first-order chi connectivity index (χ1) is 9.77. The highest BCUT2D eigenvalue weighted by Gasteiger charge is 2.25. The van der Waals surface area contributed by atoms with Crippen LogP contribution < -0.4 is 10.1 Å². The molecule has 114 valence electrons. The number of nitrogens with zero attached hydrogens (tertiary/aromatic N) is 1. The quantitative estimate of drug-likeness (QED) is 0.605. The normalized spacial score (nSPS) is 11.8. The molecule has 2 N–H and O–H groups in total. The van der Waals surface area contributed by atoms with Crippen molar-refractivity contribution in [1.29, 1.82) is 0 Å². The maximum atomic E-state index is 12.0. The van der Waals surface area contributed by atoms with Crippen LogP contribution in [0.15, 0.2) is 18.2 Å². The Bertz CT molecular complexity index is 570. The van der Waals surface area contributed by atoms with E-state index in [1.165, 1.54) is 19.2 Å². The number of benzene rings is 1. The first kappa shape index (κ1) is 16.4. The van der Waals surface area contributed by atoms with E-state index in [2.05, 4.69) is 5.32 Å². The monoisotopic (exact) mass is 296 g/mol. The summed E-state index contributed by atoms with van der Waals surface area (Å²) in [5.74, 6) is -2.15. The van der Waals surface area contributed by atoms with Crippen LogP contribution in [0, 0.1) is 16.0 Å². The summed E-state index contributed by atoms with van der Waals surface area (Å²) in [5.41, 5.74) is -0.183. The summed E-state index contributed by atoms with van der Waals surface area (Å²) in [6.07, 6.45) is 0. The van der Waals surface area contributed by atoms with Crippen molar-refractivity contribution in [1.82, 2.24) is 5.32 Å². The molecule has 1 aromatic carbocycles. The number of ether oxygens (including phenoxy) is 1. The Labute approximate surface area is 120 Å². The van der Waals surface area contributed by atoms with Crippen LogP contribution in [0.25, 0.3) is 0 Å². The minimum Gasteiger partial charge on any atom is -0.490 e. The summed E-state index contributed by atoms with van der Waals surface area (Å²) >= 11 is 0. The molecule has 0 bridgehead atoms. The summed E-state index contributed by atoms with van der Waals surface area (Å²) in [6.45, 7) is 3.32. The SMILES string of the molecule is COc1cc(C(=O)NC(C(=O)O)C(C)C)ccc1[N+](=O)[O-]. The van der Waals surface area contributed by atoms with E-state index in [1.54, 1.807) is 13.8 Å². The van der Waals surface area contributed by atoms with Crippen molar-refractivity contribution >= 4 is 17.6 Å². The number of hydrogen-bond acceptors (Lipinski definition) is 5. The van der Waals surface area contributed by atoms with Crippen LogP contribution in [-0.2, 0) is 4.79 Å². The minimum absolute atomic E-state index is 0.0657. The van der Waals surface area contributed by atoms with Crippen LogP contribution in [0.1, 0.15) is 24.2 Å². The summed E-state index contributed by atoms with van der Waals surface area (Å²) in [5, 5.41) is 22.2. The number of carboxylic acids is 1. The molecule has 0 spiro atoms. The number of nitro groups is 1. The molecule has 0 saturated heterocycles. The number of carbonyl (C=O) groups excluding carboxylic acids is 1. The molecular formula is C13H16N2O6. The molecule has 1 unspecified atom stereocenters. The maximum absolute atomic E-state index is 12.0. The molecule has 1 atom stereocenters. The van der Waals surface area contributed by atoms with Crippen molar-refractivity contribution in [3.63, 3.8) is 0 Å². The van der Waals surface area contributed by atoms with Crippen LogP contribution in [0.4, 0.5) is 5.69 Å². The van der Waals surface area contributed by atoms with E-state index >= 15 is 0 Å². The van der Waals surface area contributed by atoms with Crippen LogP contribution in [0.3, 0.4) is 0 Å². The highest BCUT2D eigenvalue weighted by Crippen LogP contribution is 2.27. The van der Waals surface area contributed by atoms with Gasteiger partial charge in [0.05, 0.1) is 12.0 Å². The average molecular weight is 296 g/mol. The minimum atomic E-state index is -1.15. The zero-order valence-corrected chi connectivity index (χ0v) is 11.8. The Morgan fingerprint density at radius 3 is 2.43 bits per heavy atom. The van der Waals surface area contributed by atoms with E-state index in [0.29, 0.717) is 0 Å². The van der Waals surface area contributed by atoms with Crippen LogP contribution in [0.2, 0.25) is 0 Å². The standard InChI is InChI=1S/C13H16N2O6/c1-7(2)11(13(17)18)14-12(16)8-4-5-9(15(19)20)10(6-8)21-3/h4-7,11H,1-3H3,(H,14,16)(H,17,18). The summed E-state index contributed by atoms with van der Waals surface area (Å²) in [4.78, 5) is 33.2. The van der Waals surface area contributed by atoms with E-state index in [1.807, 2.05) is 0 Å². The van der Waals surface area contributed by atoms with E-state index in [9.17, 15) is 19.7 Å². The van der Waals surface area contributed by atoms with Gasteiger partial charge in [0.15, 0.2) is 5.75 Å². The molecule has 1 aromatic rings. The van der Waals surface area contributed by atoms with Gasteiger partial charge in [0.2, 0.25) is 0 Å². The molecule has 0 fully saturated rings. The lowest BCUT2D eigenvalue weighted by Gasteiger charge is -2.18. The Morgan fingerprint density at radius 1 is 1.38 bits per heavy atom. The molecule has 0 aliphatic heterocycles. The van der Waals surface area contributed by atoms with Gasteiger partial charge in [0.25, 0.3) is 5.91 Å². The molecule has 1 rings (SSSR count). The van der Waals surface area contributed by atoms with Gasteiger partial charge in [-0.05, 0) is 12.0 Å². The summed E-state index contributed by atoms with van der Waals surface area (Å²) in [7, 11) is 1.25. The zero-order valence-electron chi connectivity index (χ0n) is 11.8. The Kier molecular flexibility index (Phi) is 5.23. The molecule has 21 heavy (non-hydrogen) atoms. The number of carboxylic acid groups (broad SMARTS) is 1. The number of methoxy groups -OCH3 is 1. The van der Waals surface area contributed by atoms with Gasteiger partial charge in [0.1, 0.15) is 6.04 Å². The van der Waals surface area contributed by atoms with Gasteiger partial charge in [-0.2, -0.15) is 0 Å². The van der Waals surface area contributed by atoms with Crippen molar-refractivity contribution in [3.05, 3.63) is 33.9 Å². The molecule has 0 aliphatic carbocycles. The van der Waals surface area contributed by atoms with E-state index in [0.717, 1.165) is 6.07 Å². The zero-order chi connectivity index (χ0) is 16.2. The third-order valence-corrected chi connectivity index (χ3v) is 2.86. The second kappa shape index (κ2) is 6.69. The predicted octanol–water partition coefficient (Wildman–Crippen LogP) is 1.44. The third kappa shape index (κ3) is 3.91. The van der Waals surface area contributed by atoms with Gasteiger partial charge in [-0.15, -0.1) is 0 Å². The van der Waals surface area contributed by atoms with Gasteiger partial charge in [-0.1, -0.05) is 13.8 Å². The Balaban J connectivity index is 3.03. The van der Waals surface area contributed by atoms with Gasteiger partial charge >= 0.3 is 11.7 Å². The van der Waals surface area contributed by atoms with Crippen molar-refractivity contribution in [3.8, 4) is 5.75 Å². The Morgan fingerprint density at radius 2 is 2.00 bits per heavy atom. The number of aliphatic carboxylic acids is 1. The highest BCUT2D eigenvalue weighted by atomic mass is 16.6. The number of nitro benzene ring substituents is 1. The smallest absolute Gasteiger partial charge is 0.326 e. The maximum Gasteiger partial charge on any atom is 0.326 e. The number of rotatable bonds is 6. The fourth-order valence-corrected chi connectivity index (χ4v) is 1.71. The predicted molar refractivity (Wildman–Crippen MR) is 73.4 cm³/mol. The largest absolute Gasteiger partial charge is 0.490 e. The van der Waals surface area contributed by atoms with E-state index < -0.39 is 22.8 Å². The molecule has 0 saturated carbocycles. The van der Waals surface area contributed by atoms with Crippen molar-refractivity contribution in [2.45, 2.75) is 19.9 Å². The van der Waals surface area contributed by atoms with Gasteiger partial charge < -0.3 is 15.2 Å². The molecule has 0 radical (unpaired) electrons. The van der Waals surface area contributed by atoms with E-state index in [4.69, 9.17) is 9.84 Å². The fourth-order valence-electron chi connectivity index (χ4n) is 1.71. The second-order valence-corrected chi connectivity index (χ2v) is 4.68. The third-order valence-electron chi connectivity index (χ3n) is 2.86. The van der Waals surface area contributed by atoms with Gasteiger partial charge in [-0.3, -0.25) is 14.9 Å². The number of amides is 1. The van der Waals surface area contributed by atoms with Crippen molar-refractivity contribution in [2.24, 2.45) is 5.92 Å². The molecule has 8 heteroatoms. The molecule has 0 heterocycles. The van der Waals surface area contributed by atoms with Crippen molar-refractivity contribution < 1.29 is 24.4 Å². The Hall–Kier alpha value is -2.64. The number of hydrogen-bond donors (Lipinski definition) is 2. The summed E-state index contributed by atoms with van der Waals surface area (Å²) < 4.78 is 4.86. The lowest BCUT2D eigenvalue weighted by Crippen LogP contribution is -2.44. The fraction of sp³-hybridized carbons (Fsp3) is 0.385. The van der Waals surface area contributed by atoms with Gasteiger partial charge in [-0.25, -0.2) is 4.79 Å². The molecule has 8 nitrogen and oxygen atoms in total. The topological polar surface area (TPSA) is 119 Å². The molecule has 1 amide bonds. The van der Waals surface area contributed by atoms with Crippen LogP contribution in [-0.4, -0.2) is 35.1 Å².